The van der Waals surface area contributed by atoms with Crippen molar-refractivity contribution in [3.63, 3.8) is 0 Å². The lowest BCUT2D eigenvalue weighted by Gasteiger charge is -2.15. The van der Waals surface area contributed by atoms with E-state index < -0.39 is 0 Å². The predicted molar refractivity (Wildman–Crippen MR) is 76.9 cm³/mol. The number of thiazole rings is 1. The Morgan fingerprint density at radius 1 is 1.55 bits per heavy atom. The minimum Gasteiger partial charge on any atom is -0.469 e. The number of hydrogen-bond acceptors (Lipinski definition) is 6. The Morgan fingerprint density at radius 3 is 3.10 bits per heavy atom. The van der Waals surface area contributed by atoms with Gasteiger partial charge in [0.05, 0.1) is 12.8 Å². The average molecular weight is 295 g/mol. The van der Waals surface area contributed by atoms with Crippen molar-refractivity contribution in [1.82, 2.24) is 14.3 Å². The van der Waals surface area contributed by atoms with Crippen molar-refractivity contribution in [1.29, 1.82) is 0 Å². The molecule has 2 aromatic heterocycles. The summed E-state index contributed by atoms with van der Waals surface area (Å²) in [6.07, 6.45) is 2.85. The van der Waals surface area contributed by atoms with Crippen molar-refractivity contribution < 1.29 is 9.53 Å². The van der Waals surface area contributed by atoms with E-state index in [-0.39, 0.29) is 11.5 Å². The highest BCUT2D eigenvalue weighted by Gasteiger charge is 2.07. The highest BCUT2D eigenvalue weighted by Crippen LogP contribution is 2.08. The van der Waals surface area contributed by atoms with Gasteiger partial charge in [0.25, 0.3) is 5.56 Å². The summed E-state index contributed by atoms with van der Waals surface area (Å²) in [6.45, 7) is 1.34. The first-order valence-electron chi connectivity index (χ1n) is 6.31. The van der Waals surface area contributed by atoms with Gasteiger partial charge in [0.1, 0.15) is 0 Å². The molecule has 0 aliphatic rings. The molecule has 0 amide bonds. The Bertz CT molecular complexity index is 650. The third-order valence-corrected chi connectivity index (χ3v) is 3.69. The van der Waals surface area contributed by atoms with Gasteiger partial charge in [-0.05, 0) is 20.0 Å². The van der Waals surface area contributed by atoms with Crippen LogP contribution >= 0.6 is 11.3 Å². The Balaban J connectivity index is 1.94. The summed E-state index contributed by atoms with van der Waals surface area (Å²) in [5.41, 5.74) is 0.687. The number of nitrogens with zero attached hydrogens (tertiary/aromatic N) is 3. The number of ether oxygens (including phenoxy) is 1. The Labute approximate surface area is 120 Å². The molecule has 6 nitrogen and oxygen atoms in total. The van der Waals surface area contributed by atoms with E-state index in [1.807, 2.05) is 17.3 Å². The van der Waals surface area contributed by atoms with Gasteiger partial charge in [0.15, 0.2) is 4.96 Å². The first-order chi connectivity index (χ1) is 9.60. The van der Waals surface area contributed by atoms with Gasteiger partial charge in [-0.25, -0.2) is 4.98 Å². The molecule has 20 heavy (non-hydrogen) atoms. The second-order valence-electron chi connectivity index (χ2n) is 4.56. The van der Waals surface area contributed by atoms with Crippen LogP contribution in [-0.4, -0.2) is 41.0 Å². The summed E-state index contributed by atoms with van der Waals surface area (Å²) in [5, 5.41) is 1.84. The number of methoxy groups -OCH3 is 1. The van der Waals surface area contributed by atoms with Crippen LogP contribution < -0.4 is 5.56 Å². The van der Waals surface area contributed by atoms with E-state index in [0.29, 0.717) is 17.9 Å². The van der Waals surface area contributed by atoms with E-state index in [2.05, 4.69) is 9.72 Å². The van der Waals surface area contributed by atoms with Crippen LogP contribution in [0, 0.1) is 0 Å². The van der Waals surface area contributed by atoms with E-state index in [9.17, 15) is 9.59 Å². The number of carbonyl (C=O) groups is 1. The zero-order chi connectivity index (χ0) is 14.5. The summed E-state index contributed by atoms with van der Waals surface area (Å²) in [7, 11) is 3.33. The molecule has 0 spiro atoms. The standard InChI is InChI=1S/C13H17N3O3S/c1-15(5-3-4-12(18)19-2)9-10-8-11(17)16-6-7-20-13(16)14-10/h6-8H,3-5,9H2,1-2H3. The molecule has 0 fully saturated rings. The molecule has 108 valence electrons. The van der Waals surface area contributed by atoms with Gasteiger partial charge in [-0.15, -0.1) is 11.3 Å². The Kier molecular flexibility index (Phi) is 4.86. The largest absolute Gasteiger partial charge is 0.469 e. The predicted octanol–water partition coefficient (Wildman–Crippen LogP) is 1.14. The van der Waals surface area contributed by atoms with Gasteiger partial charge in [-0.3, -0.25) is 14.0 Å². The lowest BCUT2D eigenvalue weighted by molar-refractivity contribution is -0.140. The molecule has 2 rings (SSSR count). The highest BCUT2D eigenvalue weighted by molar-refractivity contribution is 7.15. The molecule has 0 saturated carbocycles. The molecule has 0 aliphatic heterocycles. The van der Waals surface area contributed by atoms with Gasteiger partial charge in [0, 0.05) is 30.6 Å². The van der Waals surface area contributed by atoms with Gasteiger partial charge in [-0.2, -0.15) is 0 Å². The maximum Gasteiger partial charge on any atom is 0.305 e. The normalized spacial score (nSPS) is 11.2. The molecule has 0 aliphatic carbocycles. The molecule has 2 heterocycles. The zero-order valence-electron chi connectivity index (χ0n) is 11.5. The average Bonchev–Trinajstić information content (AvgIpc) is 2.87. The van der Waals surface area contributed by atoms with Crippen LogP contribution in [0.5, 0.6) is 0 Å². The third kappa shape index (κ3) is 3.64. The number of hydrogen-bond donors (Lipinski definition) is 0. The first kappa shape index (κ1) is 14.7. The topological polar surface area (TPSA) is 63.9 Å². The number of aromatic nitrogens is 2. The Hall–Kier alpha value is -1.73. The van der Waals surface area contributed by atoms with Crippen LogP contribution in [0.2, 0.25) is 0 Å². The fourth-order valence-electron chi connectivity index (χ4n) is 1.92. The molecule has 0 radical (unpaired) electrons. The summed E-state index contributed by atoms with van der Waals surface area (Å²) in [6, 6.07) is 1.55. The molecule has 0 aromatic carbocycles. The molecule has 0 bridgehead atoms. The maximum atomic E-state index is 11.8. The van der Waals surface area contributed by atoms with E-state index in [0.717, 1.165) is 18.7 Å². The number of fused-ring (bicyclic) bond motifs is 1. The van der Waals surface area contributed by atoms with Crippen molar-refractivity contribution in [2.24, 2.45) is 0 Å². The molecular formula is C13H17N3O3S. The smallest absolute Gasteiger partial charge is 0.305 e. The lowest BCUT2D eigenvalue weighted by Crippen LogP contribution is -2.22. The minimum atomic E-state index is -0.199. The van der Waals surface area contributed by atoms with Crippen molar-refractivity contribution in [3.05, 3.63) is 33.7 Å². The van der Waals surface area contributed by atoms with Gasteiger partial charge < -0.3 is 9.64 Å². The van der Waals surface area contributed by atoms with Crippen LogP contribution in [0.1, 0.15) is 18.5 Å². The SMILES string of the molecule is COC(=O)CCCN(C)Cc1cc(=O)n2ccsc2n1. The molecule has 7 heteroatoms. The summed E-state index contributed by atoms with van der Waals surface area (Å²) >= 11 is 1.44. The fraction of sp³-hybridized carbons (Fsp3) is 0.462. The van der Waals surface area contributed by atoms with Gasteiger partial charge in [0.2, 0.25) is 0 Å². The van der Waals surface area contributed by atoms with Crippen LogP contribution in [0.15, 0.2) is 22.4 Å². The number of esters is 1. The molecule has 0 saturated heterocycles. The van der Waals surface area contributed by atoms with Gasteiger partial charge in [-0.1, -0.05) is 0 Å². The van der Waals surface area contributed by atoms with Crippen molar-refractivity contribution >= 4 is 22.3 Å². The quantitative estimate of drug-likeness (QED) is 0.748. The molecule has 2 aromatic rings. The Morgan fingerprint density at radius 2 is 2.35 bits per heavy atom. The molecule has 0 N–H and O–H groups in total. The monoisotopic (exact) mass is 295 g/mol. The van der Waals surface area contributed by atoms with E-state index >= 15 is 0 Å². The maximum absolute atomic E-state index is 11.8. The molecular weight excluding hydrogens is 278 g/mol. The molecule has 0 unspecified atom stereocenters. The van der Waals surface area contributed by atoms with Gasteiger partial charge >= 0.3 is 5.97 Å². The van der Waals surface area contributed by atoms with Crippen molar-refractivity contribution in [2.45, 2.75) is 19.4 Å². The van der Waals surface area contributed by atoms with Crippen LogP contribution in [0.4, 0.5) is 0 Å². The highest BCUT2D eigenvalue weighted by atomic mass is 32.1. The van der Waals surface area contributed by atoms with E-state index in [4.69, 9.17) is 0 Å². The second kappa shape index (κ2) is 6.62. The number of carbonyl (C=O) groups excluding carboxylic acids is 1. The zero-order valence-corrected chi connectivity index (χ0v) is 12.4. The van der Waals surface area contributed by atoms with Crippen LogP contribution in [0.3, 0.4) is 0 Å². The number of rotatable bonds is 6. The first-order valence-corrected chi connectivity index (χ1v) is 7.19. The second-order valence-corrected chi connectivity index (χ2v) is 5.43. The van der Waals surface area contributed by atoms with E-state index in [1.54, 1.807) is 12.3 Å². The summed E-state index contributed by atoms with van der Waals surface area (Å²) in [5.74, 6) is -0.199. The van der Waals surface area contributed by atoms with Crippen molar-refractivity contribution in [3.8, 4) is 0 Å². The minimum absolute atomic E-state index is 0.0609. The fourth-order valence-corrected chi connectivity index (χ4v) is 2.66. The lowest BCUT2D eigenvalue weighted by atomic mass is 10.3. The summed E-state index contributed by atoms with van der Waals surface area (Å²) < 4.78 is 6.13. The molecule has 0 atom stereocenters. The third-order valence-electron chi connectivity index (χ3n) is 2.94. The van der Waals surface area contributed by atoms with Crippen molar-refractivity contribution in [2.75, 3.05) is 20.7 Å². The summed E-state index contributed by atoms with van der Waals surface area (Å²) in [4.78, 5) is 30.0. The van der Waals surface area contributed by atoms with Crippen LogP contribution in [-0.2, 0) is 16.1 Å². The van der Waals surface area contributed by atoms with E-state index in [1.165, 1.54) is 22.8 Å². The van der Waals surface area contributed by atoms with Crippen LogP contribution in [0.25, 0.3) is 4.96 Å².